The quantitative estimate of drug-likeness (QED) is 0.852. The Hall–Kier alpha value is -1.71. The normalized spacial score (nSPS) is 10.3. The third kappa shape index (κ3) is 2.94. The minimum absolute atomic E-state index is 0.441. The van der Waals surface area contributed by atoms with E-state index < -0.39 is 0 Å². The van der Waals surface area contributed by atoms with Crippen LogP contribution in [0.4, 0.5) is 5.69 Å². The average molecular weight is 264 g/mol. The molecule has 0 aliphatic heterocycles. The monoisotopic (exact) mass is 263 g/mol. The van der Waals surface area contributed by atoms with E-state index in [1.54, 1.807) is 25.3 Å². The second-order valence-corrected chi connectivity index (χ2v) is 4.24. The molecule has 0 aliphatic carbocycles. The molecule has 0 spiro atoms. The van der Waals surface area contributed by atoms with Crippen LogP contribution < -0.4 is 10.5 Å². The Morgan fingerprint density at radius 2 is 1.94 bits per heavy atom. The first kappa shape index (κ1) is 12.7. The highest BCUT2D eigenvalue weighted by atomic mass is 35.5. The van der Waals surface area contributed by atoms with Gasteiger partial charge in [-0.15, -0.1) is 0 Å². The fourth-order valence-corrected chi connectivity index (χ4v) is 1.76. The molecule has 2 aromatic rings. The van der Waals surface area contributed by atoms with E-state index in [9.17, 15) is 0 Å². The van der Waals surface area contributed by atoms with E-state index in [1.807, 2.05) is 24.3 Å². The lowest BCUT2D eigenvalue weighted by atomic mass is 10.2. The highest BCUT2D eigenvalue weighted by Crippen LogP contribution is 2.32. The number of nitrogens with two attached hydrogens (primary N) is 1. The first-order valence-electron chi connectivity index (χ1n) is 5.50. The number of hydrogen-bond donors (Lipinski definition) is 1. The molecule has 18 heavy (non-hydrogen) atoms. The zero-order valence-electron chi connectivity index (χ0n) is 10.0. The standard InChI is InChI=1S/C14H14ClNO2/c1-17-9-10-4-2-5-11(8-10)18-13-7-3-6-12(15)14(13)16/h2-8H,9,16H2,1H3. The van der Waals surface area contributed by atoms with Crippen molar-refractivity contribution in [2.24, 2.45) is 0 Å². The summed E-state index contributed by atoms with van der Waals surface area (Å²) in [7, 11) is 1.66. The Kier molecular flexibility index (Phi) is 4.07. The maximum atomic E-state index is 5.94. The first-order valence-corrected chi connectivity index (χ1v) is 5.88. The van der Waals surface area contributed by atoms with E-state index in [4.69, 9.17) is 26.8 Å². The number of benzene rings is 2. The zero-order chi connectivity index (χ0) is 13.0. The van der Waals surface area contributed by atoms with E-state index in [0.717, 1.165) is 5.56 Å². The third-order valence-corrected chi connectivity index (χ3v) is 2.78. The van der Waals surface area contributed by atoms with Crippen molar-refractivity contribution in [3.63, 3.8) is 0 Å². The Balaban J connectivity index is 2.23. The number of hydrogen-bond acceptors (Lipinski definition) is 3. The molecule has 0 bridgehead atoms. The van der Waals surface area contributed by atoms with Gasteiger partial charge in [0, 0.05) is 7.11 Å². The molecule has 0 atom stereocenters. The lowest BCUT2D eigenvalue weighted by Gasteiger charge is -2.10. The van der Waals surface area contributed by atoms with Crippen LogP contribution in [0.2, 0.25) is 5.02 Å². The van der Waals surface area contributed by atoms with Gasteiger partial charge in [0.05, 0.1) is 17.3 Å². The van der Waals surface area contributed by atoms with Crippen LogP contribution in [0.15, 0.2) is 42.5 Å². The van der Waals surface area contributed by atoms with E-state index in [-0.39, 0.29) is 0 Å². The molecule has 94 valence electrons. The number of para-hydroxylation sites is 1. The van der Waals surface area contributed by atoms with Crippen molar-refractivity contribution in [1.82, 2.24) is 0 Å². The molecule has 0 aromatic heterocycles. The van der Waals surface area contributed by atoms with Crippen molar-refractivity contribution in [1.29, 1.82) is 0 Å². The minimum Gasteiger partial charge on any atom is -0.455 e. The van der Waals surface area contributed by atoms with Gasteiger partial charge < -0.3 is 15.2 Å². The van der Waals surface area contributed by atoms with Gasteiger partial charge in [-0.1, -0.05) is 29.8 Å². The summed E-state index contributed by atoms with van der Waals surface area (Å²) in [5.41, 5.74) is 7.32. The van der Waals surface area contributed by atoms with Crippen LogP contribution in [-0.2, 0) is 11.3 Å². The minimum atomic E-state index is 0.441. The van der Waals surface area contributed by atoms with Gasteiger partial charge in [0.1, 0.15) is 5.75 Å². The van der Waals surface area contributed by atoms with Crippen molar-refractivity contribution >= 4 is 17.3 Å². The van der Waals surface area contributed by atoms with Gasteiger partial charge in [0.2, 0.25) is 0 Å². The summed E-state index contributed by atoms with van der Waals surface area (Å²) < 4.78 is 10.8. The molecule has 0 radical (unpaired) electrons. The highest BCUT2D eigenvalue weighted by Gasteiger charge is 2.05. The van der Waals surface area contributed by atoms with Gasteiger partial charge >= 0.3 is 0 Å². The number of nitrogen functional groups attached to an aromatic ring is 1. The number of ether oxygens (including phenoxy) is 2. The average Bonchev–Trinajstić information content (AvgIpc) is 2.36. The molecule has 0 saturated carbocycles. The van der Waals surface area contributed by atoms with Crippen molar-refractivity contribution in [2.45, 2.75) is 6.61 Å². The summed E-state index contributed by atoms with van der Waals surface area (Å²) in [5, 5.41) is 0.487. The second-order valence-electron chi connectivity index (χ2n) is 3.83. The summed E-state index contributed by atoms with van der Waals surface area (Å²) in [5.74, 6) is 1.26. The molecule has 0 fully saturated rings. The maximum absolute atomic E-state index is 5.94. The SMILES string of the molecule is COCc1cccc(Oc2cccc(Cl)c2N)c1. The summed E-state index contributed by atoms with van der Waals surface area (Å²) in [6.07, 6.45) is 0. The molecule has 2 aromatic carbocycles. The third-order valence-electron chi connectivity index (χ3n) is 2.45. The largest absolute Gasteiger partial charge is 0.455 e. The molecule has 0 saturated heterocycles. The number of anilines is 1. The predicted molar refractivity (Wildman–Crippen MR) is 73.1 cm³/mol. The van der Waals surface area contributed by atoms with Crippen LogP contribution in [0.3, 0.4) is 0 Å². The second kappa shape index (κ2) is 5.76. The van der Waals surface area contributed by atoms with Crippen molar-refractivity contribution in [2.75, 3.05) is 12.8 Å². The summed E-state index contributed by atoms with van der Waals surface area (Å²) in [6.45, 7) is 0.544. The summed E-state index contributed by atoms with van der Waals surface area (Å²) in [4.78, 5) is 0. The predicted octanol–water partition coefficient (Wildman–Crippen LogP) is 3.86. The molecule has 0 aliphatic rings. The Morgan fingerprint density at radius 1 is 1.17 bits per heavy atom. The fourth-order valence-electron chi connectivity index (χ4n) is 1.60. The van der Waals surface area contributed by atoms with Gasteiger partial charge in [-0.05, 0) is 29.8 Å². The molecule has 2 N–H and O–H groups in total. The van der Waals surface area contributed by atoms with Crippen LogP contribution >= 0.6 is 11.6 Å². The summed E-state index contributed by atoms with van der Waals surface area (Å²) >= 11 is 5.94. The van der Waals surface area contributed by atoms with Gasteiger partial charge in [-0.3, -0.25) is 0 Å². The van der Waals surface area contributed by atoms with Crippen LogP contribution in [0.25, 0.3) is 0 Å². The van der Waals surface area contributed by atoms with Crippen LogP contribution in [0.1, 0.15) is 5.56 Å². The van der Waals surface area contributed by atoms with E-state index >= 15 is 0 Å². The number of methoxy groups -OCH3 is 1. The van der Waals surface area contributed by atoms with Gasteiger partial charge in [-0.2, -0.15) is 0 Å². The van der Waals surface area contributed by atoms with E-state index in [1.165, 1.54) is 0 Å². The molecule has 3 nitrogen and oxygen atoms in total. The molecule has 0 unspecified atom stereocenters. The van der Waals surface area contributed by atoms with Crippen LogP contribution in [-0.4, -0.2) is 7.11 Å². The van der Waals surface area contributed by atoms with Gasteiger partial charge in [0.15, 0.2) is 5.75 Å². The molecule has 4 heteroatoms. The molecule has 0 heterocycles. The lowest BCUT2D eigenvalue weighted by Crippen LogP contribution is -1.94. The van der Waals surface area contributed by atoms with Gasteiger partial charge in [0.25, 0.3) is 0 Å². The zero-order valence-corrected chi connectivity index (χ0v) is 10.8. The number of halogens is 1. The van der Waals surface area contributed by atoms with Crippen LogP contribution in [0, 0.1) is 0 Å². The Morgan fingerprint density at radius 3 is 2.72 bits per heavy atom. The van der Waals surface area contributed by atoms with E-state index in [2.05, 4.69) is 0 Å². The highest BCUT2D eigenvalue weighted by molar-refractivity contribution is 6.33. The maximum Gasteiger partial charge on any atom is 0.151 e. The van der Waals surface area contributed by atoms with Crippen LogP contribution in [0.5, 0.6) is 11.5 Å². The molecular formula is C14H14ClNO2. The molecular weight excluding hydrogens is 250 g/mol. The number of rotatable bonds is 4. The Labute approximate surface area is 111 Å². The molecule has 2 rings (SSSR count). The van der Waals surface area contributed by atoms with Crippen molar-refractivity contribution < 1.29 is 9.47 Å². The fraction of sp³-hybridized carbons (Fsp3) is 0.143. The van der Waals surface area contributed by atoms with E-state index in [0.29, 0.717) is 28.8 Å². The topological polar surface area (TPSA) is 44.5 Å². The smallest absolute Gasteiger partial charge is 0.151 e. The molecule has 0 amide bonds. The van der Waals surface area contributed by atoms with Crippen molar-refractivity contribution in [3.8, 4) is 11.5 Å². The first-order chi connectivity index (χ1) is 8.70. The lowest BCUT2D eigenvalue weighted by molar-refractivity contribution is 0.184. The Bertz CT molecular complexity index is 543. The van der Waals surface area contributed by atoms with Gasteiger partial charge in [-0.25, -0.2) is 0 Å². The van der Waals surface area contributed by atoms with Crippen molar-refractivity contribution in [3.05, 3.63) is 53.1 Å². The summed E-state index contributed by atoms with van der Waals surface area (Å²) in [6, 6.07) is 13.0.